The first kappa shape index (κ1) is 13.4. The maximum absolute atomic E-state index is 11.2. The third kappa shape index (κ3) is 4.04. The Morgan fingerprint density at radius 3 is 2.50 bits per heavy atom. The van der Waals surface area contributed by atoms with Gasteiger partial charge in [0.05, 0.1) is 7.11 Å². The largest absolute Gasteiger partial charge is 0.468 e. The number of rotatable bonds is 6. The highest BCUT2D eigenvalue weighted by molar-refractivity contribution is 5.75. The van der Waals surface area contributed by atoms with Crippen molar-refractivity contribution in [3.8, 4) is 0 Å². The van der Waals surface area contributed by atoms with E-state index in [1.54, 1.807) is 0 Å². The highest BCUT2D eigenvalue weighted by atomic mass is 16.5. The highest BCUT2D eigenvalue weighted by Gasteiger charge is 2.21. The van der Waals surface area contributed by atoms with Gasteiger partial charge >= 0.3 is 5.97 Å². The van der Waals surface area contributed by atoms with Crippen LogP contribution in [0, 0.1) is 5.92 Å². The topological polar surface area (TPSA) is 84.6 Å². The van der Waals surface area contributed by atoms with Gasteiger partial charge in [0.1, 0.15) is 6.04 Å². The summed E-state index contributed by atoms with van der Waals surface area (Å²) in [5.41, 5.74) is 5.41. The van der Waals surface area contributed by atoms with Gasteiger partial charge in [-0.2, -0.15) is 0 Å². The average molecular weight is 204 g/mol. The number of aliphatic hydroxyl groups excluding tert-OH is 1. The standard InChI is InChI=1S/C9H20N2O3/c1-6(5-12)7(2)11-8(4-10)9(13)14-3/h6-8,11-12H,4-5,10H2,1-3H3. The molecular formula is C9H20N2O3. The highest BCUT2D eigenvalue weighted by Crippen LogP contribution is 2.02. The first-order valence-corrected chi connectivity index (χ1v) is 4.71. The van der Waals surface area contributed by atoms with E-state index >= 15 is 0 Å². The summed E-state index contributed by atoms with van der Waals surface area (Å²) < 4.78 is 4.57. The lowest BCUT2D eigenvalue weighted by Gasteiger charge is -2.23. The van der Waals surface area contributed by atoms with Gasteiger partial charge in [-0.25, -0.2) is 0 Å². The van der Waals surface area contributed by atoms with Crippen LogP contribution in [0.4, 0.5) is 0 Å². The molecule has 0 saturated carbocycles. The summed E-state index contributed by atoms with van der Waals surface area (Å²) in [5.74, 6) is -0.293. The number of hydrogen-bond donors (Lipinski definition) is 3. The molecule has 0 aliphatic heterocycles. The molecule has 84 valence electrons. The fraction of sp³-hybridized carbons (Fsp3) is 0.889. The van der Waals surface area contributed by atoms with E-state index in [1.165, 1.54) is 7.11 Å². The van der Waals surface area contributed by atoms with Crippen LogP contribution in [0.1, 0.15) is 13.8 Å². The van der Waals surface area contributed by atoms with Gasteiger partial charge in [0.15, 0.2) is 0 Å². The molecule has 0 aromatic rings. The summed E-state index contributed by atoms with van der Waals surface area (Å²) >= 11 is 0. The molecule has 3 atom stereocenters. The van der Waals surface area contributed by atoms with Gasteiger partial charge in [0.25, 0.3) is 0 Å². The fourth-order valence-corrected chi connectivity index (χ4v) is 1.01. The van der Waals surface area contributed by atoms with Gasteiger partial charge in [0, 0.05) is 19.2 Å². The summed E-state index contributed by atoms with van der Waals surface area (Å²) in [4.78, 5) is 11.2. The Morgan fingerprint density at radius 1 is 1.57 bits per heavy atom. The molecule has 0 bridgehead atoms. The van der Waals surface area contributed by atoms with Crippen LogP contribution in [-0.4, -0.2) is 43.4 Å². The minimum absolute atomic E-state index is 0.0210. The predicted octanol–water partition coefficient (Wildman–Crippen LogP) is -0.907. The fourth-order valence-electron chi connectivity index (χ4n) is 1.01. The number of methoxy groups -OCH3 is 1. The summed E-state index contributed by atoms with van der Waals surface area (Å²) in [6.07, 6.45) is 0. The van der Waals surface area contributed by atoms with Crippen LogP contribution < -0.4 is 11.1 Å². The van der Waals surface area contributed by atoms with Gasteiger partial charge < -0.3 is 20.9 Å². The molecule has 0 saturated heterocycles. The quantitative estimate of drug-likeness (QED) is 0.488. The van der Waals surface area contributed by atoms with Crippen molar-refractivity contribution >= 4 is 5.97 Å². The molecule has 0 rings (SSSR count). The maximum Gasteiger partial charge on any atom is 0.324 e. The Hall–Kier alpha value is -0.650. The number of aliphatic hydroxyl groups is 1. The molecule has 0 aliphatic rings. The zero-order valence-corrected chi connectivity index (χ0v) is 8.99. The van der Waals surface area contributed by atoms with E-state index in [9.17, 15) is 4.79 Å². The van der Waals surface area contributed by atoms with Crippen LogP contribution in [0.15, 0.2) is 0 Å². The van der Waals surface area contributed by atoms with E-state index in [0.29, 0.717) is 0 Å². The molecule has 0 spiro atoms. The van der Waals surface area contributed by atoms with E-state index in [0.717, 1.165) is 0 Å². The van der Waals surface area contributed by atoms with Crippen LogP contribution in [0.2, 0.25) is 0 Å². The van der Waals surface area contributed by atoms with Crippen molar-refractivity contribution in [2.75, 3.05) is 20.3 Å². The van der Waals surface area contributed by atoms with Crippen LogP contribution in [-0.2, 0) is 9.53 Å². The van der Waals surface area contributed by atoms with Crippen molar-refractivity contribution in [2.24, 2.45) is 11.7 Å². The van der Waals surface area contributed by atoms with E-state index in [1.807, 2.05) is 13.8 Å². The second-order valence-corrected chi connectivity index (χ2v) is 3.43. The van der Waals surface area contributed by atoms with Crippen molar-refractivity contribution < 1.29 is 14.6 Å². The Labute approximate surface area is 84.6 Å². The lowest BCUT2D eigenvalue weighted by Crippen LogP contribution is -2.49. The third-order valence-electron chi connectivity index (χ3n) is 2.33. The molecule has 0 heterocycles. The average Bonchev–Trinajstić information content (AvgIpc) is 2.22. The second kappa shape index (κ2) is 6.75. The number of esters is 1. The second-order valence-electron chi connectivity index (χ2n) is 3.43. The van der Waals surface area contributed by atoms with E-state index in [2.05, 4.69) is 10.1 Å². The Morgan fingerprint density at radius 2 is 2.14 bits per heavy atom. The number of hydrogen-bond acceptors (Lipinski definition) is 5. The molecule has 5 nitrogen and oxygen atoms in total. The number of carbonyl (C=O) groups is 1. The lowest BCUT2D eigenvalue weighted by molar-refractivity contribution is -0.143. The minimum atomic E-state index is -0.496. The van der Waals surface area contributed by atoms with E-state index < -0.39 is 6.04 Å². The molecule has 0 aromatic carbocycles. The molecule has 0 radical (unpaired) electrons. The molecule has 0 amide bonds. The summed E-state index contributed by atoms with van der Waals surface area (Å²) in [6.45, 7) is 4.05. The van der Waals surface area contributed by atoms with Crippen LogP contribution in [0.25, 0.3) is 0 Å². The third-order valence-corrected chi connectivity index (χ3v) is 2.33. The Kier molecular flexibility index (Phi) is 6.44. The molecule has 5 heteroatoms. The van der Waals surface area contributed by atoms with E-state index in [4.69, 9.17) is 10.8 Å². The number of nitrogens with one attached hydrogen (secondary N) is 1. The summed E-state index contributed by atoms with van der Waals surface area (Å²) in [5, 5.41) is 11.9. The van der Waals surface area contributed by atoms with Gasteiger partial charge in [-0.1, -0.05) is 6.92 Å². The Bertz CT molecular complexity index is 175. The van der Waals surface area contributed by atoms with Crippen molar-refractivity contribution in [3.63, 3.8) is 0 Å². The van der Waals surface area contributed by atoms with Gasteiger partial charge in [-0.3, -0.25) is 4.79 Å². The molecular weight excluding hydrogens is 184 g/mol. The number of ether oxygens (including phenoxy) is 1. The minimum Gasteiger partial charge on any atom is -0.468 e. The van der Waals surface area contributed by atoms with E-state index in [-0.39, 0.29) is 31.1 Å². The van der Waals surface area contributed by atoms with Crippen molar-refractivity contribution in [1.82, 2.24) is 5.32 Å². The number of nitrogens with two attached hydrogens (primary N) is 1. The molecule has 3 unspecified atom stereocenters. The SMILES string of the molecule is COC(=O)C(CN)NC(C)C(C)CO. The molecule has 0 aromatic heterocycles. The molecule has 14 heavy (non-hydrogen) atoms. The maximum atomic E-state index is 11.2. The van der Waals surface area contributed by atoms with Crippen molar-refractivity contribution in [2.45, 2.75) is 25.9 Å². The Balaban J connectivity index is 4.10. The van der Waals surface area contributed by atoms with Gasteiger partial charge in [0.2, 0.25) is 0 Å². The zero-order chi connectivity index (χ0) is 11.1. The first-order valence-electron chi connectivity index (χ1n) is 4.71. The normalized spacial score (nSPS) is 17.2. The monoisotopic (exact) mass is 204 g/mol. The zero-order valence-electron chi connectivity index (χ0n) is 8.99. The predicted molar refractivity (Wildman–Crippen MR) is 53.7 cm³/mol. The van der Waals surface area contributed by atoms with Crippen molar-refractivity contribution in [1.29, 1.82) is 0 Å². The van der Waals surface area contributed by atoms with Crippen LogP contribution >= 0.6 is 0 Å². The van der Waals surface area contributed by atoms with Crippen LogP contribution in [0.5, 0.6) is 0 Å². The summed E-state index contributed by atoms with van der Waals surface area (Å²) in [6, 6.07) is -0.475. The first-order chi connectivity index (χ1) is 6.56. The number of carbonyl (C=O) groups excluding carboxylic acids is 1. The van der Waals surface area contributed by atoms with Gasteiger partial charge in [-0.15, -0.1) is 0 Å². The van der Waals surface area contributed by atoms with Gasteiger partial charge in [-0.05, 0) is 12.8 Å². The van der Waals surface area contributed by atoms with Crippen molar-refractivity contribution in [3.05, 3.63) is 0 Å². The molecule has 4 N–H and O–H groups in total. The molecule has 0 aliphatic carbocycles. The summed E-state index contributed by atoms with van der Waals surface area (Å²) in [7, 11) is 1.33. The van der Waals surface area contributed by atoms with Crippen LogP contribution in [0.3, 0.4) is 0 Å². The molecule has 0 fully saturated rings. The lowest BCUT2D eigenvalue weighted by atomic mass is 10.0. The smallest absolute Gasteiger partial charge is 0.324 e.